The van der Waals surface area contributed by atoms with Crippen molar-refractivity contribution in [2.75, 3.05) is 6.54 Å². The molecule has 1 heterocycles. The third-order valence-corrected chi connectivity index (χ3v) is 1.45. The first-order chi connectivity index (χ1) is 5.72. The minimum Gasteiger partial charge on any atom is -0.330 e. The Hall–Kier alpha value is -1.23. The molecule has 2 N–H and O–H groups in total. The van der Waals surface area contributed by atoms with Crippen molar-refractivity contribution in [3.63, 3.8) is 0 Å². The molecular formula is C7H12N4O. The van der Waals surface area contributed by atoms with E-state index in [9.17, 15) is 4.79 Å². The van der Waals surface area contributed by atoms with Crippen LogP contribution < -0.4 is 5.73 Å². The van der Waals surface area contributed by atoms with Crippen LogP contribution in [0.15, 0.2) is 6.20 Å². The number of carbonyl (C=O) groups is 1. The van der Waals surface area contributed by atoms with Crippen molar-refractivity contribution < 1.29 is 4.79 Å². The molecule has 0 unspecified atom stereocenters. The van der Waals surface area contributed by atoms with Gasteiger partial charge in [-0.2, -0.15) is 0 Å². The molecule has 0 aromatic carbocycles. The highest BCUT2D eigenvalue weighted by Crippen LogP contribution is 1.95. The van der Waals surface area contributed by atoms with Crippen molar-refractivity contribution >= 4 is 5.78 Å². The maximum Gasteiger partial charge on any atom is 0.140 e. The minimum absolute atomic E-state index is 0.109. The van der Waals surface area contributed by atoms with Gasteiger partial charge in [-0.05, 0) is 6.54 Å². The van der Waals surface area contributed by atoms with Crippen LogP contribution in [0.5, 0.6) is 0 Å². The second-order valence-electron chi connectivity index (χ2n) is 2.64. The van der Waals surface area contributed by atoms with Crippen LogP contribution >= 0.6 is 0 Å². The average molecular weight is 168 g/mol. The molecule has 1 aromatic heterocycles. The molecule has 0 spiro atoms. The van der Waals surface area contributed by atoms with E-state index in [1.54, 1.807) is 17.9 Å². The number of rotatable bonds is 4. The lowest BCUT2D eigenvalue weighted by atomic mass is 10.2. The van der Waals surface area contributed by atoms with Crippen LogP contribution in [0.2, 0.25) is 0 Å². The van der Waals surface area contributed by atoms with Gasteiger partial charge in [0.2, 0.25) is 0 Å². The van der Waals surface area contributed by atoms with Crippen LogP contribution in [-0.4, -0.2) is 27.3 Å². The Morgan fingerprint density at radius 3 is 3.00 bits per heavy atom. The molecule has 0 fully saturated rings. The van der Waals surface area contributed by atoms with Crippen LogP contribution in [0.3, 0.4) is 0 Å². The fourth-order valence-electron chi connectivity index (χ4n) is 0.928. The van der Waals surface area contributed by atoms with Crippen molar-refractivity contribution in [3.8, 4) is 0 Å². The summed E-state index contributed by atoms with van der Waals surface area (Å²) in [5, 5.41) is 7.50. The zero-order valence-corrected chi connectivity index (χ0v) is 7.03. The number of Topliss-reactive ketones (excluding diaryl/α,β-unsaturated/α-hetero) is 1. The van der Waals surface area contributed by atoms with Crippen LogP contribution in [0.4, 0.5) is 0 Å². The first-order valence-corrected chi connectivity index (χ1v) is 3.79. The van der Waals surface area contributed by atoms with Gasteiger partial charge in [-0.15, -0.1) is 5.10 Å². The van der Waals surface area contributed by atoms with Gasteiger partial charge in [-0.25, -0.2) is 0 Å². The lowest BCUT2D eigenvalue weighted by molar-refractivity contribution is -0.118. The zero-order valence-electron chi connectivity index (χ0n) is 7.03. The number of aryl methyl sites for hydroxylation is 1. The smallest absolute Gasteiger partial charge is 0.140 e. The molecule has 1 rings (SSSR count). The van der Waals surface area contributed by atoms with Crippen molar-refractivity contribution in [2.24, 2.45) is 12.8 Å². The highest BCUT2D eigenvalue weighted by molar-refractivity contribution is 5.80. The molecule has 0 saturated heterocycles. The SMILES string of the molecule is Cn1cc(CC(=O)CCN)nn1. The Bertz CT molecular complexity index is 268. The number of nitrogens with zero attached hydrogens (tertiary/aromatic N) is 3. The van der Waals surface area contributed by atoms with E-state index in [1.165, 1.54) is 0 Å². The molecule has 5 heteroatoms. The molecule has 0 aliphatic heterocycles. The van der Waals surface area contributed by atoms with Gasteiger partial charge in [0.05, 0.1) is 12.1 Å². The highest BCUT2D eigenvalue weighted by Gasteiger charge is 2.04. The van der Waals surface area contributed by atoms with Crippen molar-refractivity contribution in [3.05, 3.63) is 11.9 Å². The second kappa shape index (κ2) is 3.96. The van der Waals surface area contributed by atoms with Gasteiger partial charge in [-0.1, -0.05) is 5.21 Å². The molecule has 0 aliphatic carbocycles. The lowest BCUT2D eigenvalue weighted by Gasteiger charge is -1.92. The summed E-state index contributed by atoms with van der Waals surface area (Å²) in [6.45, 7) is 0.402. The van der Waals surface area contributed by atoms with Gasteiger partial charge < -0.3 is 5.73 Å². The van der Waals surface area contributed by atoms with Crippen LogP contribution in [0.1, 0.15) is 12.1 Å². The predicted octanol–water partition coefficient (Wildman–Crippen LogP) is -0.724. The second-order valence-corrected chi connectivity index (χ2v) is 2.64. The van der Waals surface area contributed by atoms with Gasteiger partial charge in [0.1, 0.15) is 5.78 Å². The van der Waals surface area contributed by atoms with Gasteiger partial charge in [0, 0.05) is 19.7 Å². The maximum atomic E-state index is 11.1. The highest BCUT2D eigenvalue weighted by atomic mass is 16.1. The molecule has 0 saturated carbocycles. The average Bonchev–Trinajstić information content (AvgIpc) is 2.36. The minimum atomic E-state index is 0.109. The van der Waals surface area contributed by atoms with Gasteiger partial charge in [-0.3, -0.25) is 9.48 Å². The Kier molecular flexibility index (Phi) is 2.93. The Morgan fingerprint density at radius 1 is 1.75 bits per heavy atom. The Labute approximate surface area is 70.6 Å². The summed E-state index contributed by atoms with van der Waals surface area (Å²) in [5.74, 6) is 0.109. The van der Waals surface area contributed by atoms with E-state index in [1.807, 2.05) is 0 Å². The fraction of sp³-hybridized carbons (Fsp3) is 0.571. The lowest BCUT2D eigenvalue weighted by Crippen LogP contribution is -2.10. The molecule has 66 valence electrons. The van der Waals surface area contributed by atoms with Crippen LogP contribution in [-0.2, 0) is 18.3 Å². The van der Waals surface area contributed by atoms with Crippen molar-refractivity contribution in [1.82, 2.24) is 15.0 Å². The number of hydrogen-bond donors (Lipinski definition) is 1. The first-order valence-electron chi connectivity index (χ1n) is 3.79. The number of ketones is 1. The van der Waals surface area contributed by atoms with E-state index in [4.69, 9.17) is 5.73 Å². The van der Waals surface area contributed by atoms with Crippen LogP contribution in [0, 0.1) is 0 Å². The number of hydrogen-bond acceptors (Lipinski definition) is 4. The maximum absolute atomic E-state index is 11.1. The normalized spacial score (nSPS) is 10.2. The standard InChI is InChI=1S/C7H12N4O/c1-11-5-6(9-10-11)4-7(12)2-3-8/h5H,2-4,8H2,1H3. The van der Waals surface area contributed by atoms with E-state index in [-0.39, 0.29) is 5.78 Å². The van der Waals surface area contributed by atoms with Gasteiger partial charge >= 0.3 is 0 Å². The summed E-state index contributed by atoms with van der Waals surface area (Å²) >= 11 is 0. The third-order valence-electron chi connectivity index (χ3n) is 1.45. The largest absolute Gasteiger partial charge is 0.330 e. The molecule has 0 atom stereocenters. The van der Waals surface area contributed by atoms with E-state index < -0.39 is 0 Å². The molecule has 5 nitrogen and oxygen atoms in total. The third kappa shape index (κ3) is 2.43. The topological polar surface area (TPSA) is 73.8 Å². The Morgan fingerprint density at radius 2 is 2.50 bits per heavy atom. The van der Waals surface area contributed by atoms with E-state index >= 15 is 0 Å². The predicted molar refractivity (Wildman–Crippen MR) is 43.4 cm³/mol. The molecular weight excluding hydrogens is 156 g/mol. The summed E-state index contributed by atoms with van der Waals surface area (Å²) in [5.41, 5.74) is 5.93. The summed E-state index contributed by atoms with van der Waals surface area (Å²) in [6.07, 6.45) is 2.48. The molecule has 0 amide bonds. The molecule has 12 heavy (non-hydrogen) atoms. The summed E-state index contributed by atoms with van der Waals surface area (Å²) in [4.78, 5) is 11.1. The quantitative estimate of drug-likeness (QED) is 0.643. The van der Waals surface area contributed by atoms with Crippen molar-refractivity contribution in [1.29, 1.82) is 0 Å². The number of nitrogens with two attached hydrogens (primary N) is 1. The molecule has 0 radical (unpaired) electrons. The molecule has 0 bridgehead atoms. The van der Waals surface area contributed by atoms with Crippen LogP contribution in [0.25, 0.3) is 0 Å². The van der Waals surface area contributed by atoms with Gasteiger partial charge in [0.25, 0.3) is 0 Å². The zero-order chi connectivity index (χ0) is 8.97. The first kappa shape index (κ1) is 8.86. The van der Waals surface area contributed by atoms with E-state index in [2.05, 4.69) is 10.3 Å². The summed E-state index contributed by atoms with van der Waals surface area (Å²) < 4.78 is 1.57. The Balaban J connectivity index is 2.46. The number of carbonyl (C=O) groups excluding carboxylic acids is 1. The molecule has 1 aromatic rings. The fourth-order valence-corrected chi connectivity index (χ4v) is 0.928. The van der Waals surface area contributed by atoms with Gasteiger partial charge in [0.15, 0.2) is 0 Å². The number of aromatic nitrogens is 3. The molecule has 0 aliphatic rings. The summed E-state index contributed by atoms with van der Waals surface area (Å²) in [6, 6.07) is 0. The van der Waals surface area contributed by atoms with E-state index in [0.717, 1.165) is 0 Å². The summed E-state index contributed by atoms with van der Waals surface area (Å²) in [7, 11) is 1.77. The van der Waals surface area contributed by atoms with E-state index in [0.29, 0.717) is 25.1 Å². The van der Waals surface area contributed by atoms with Crippen molar-refractivity contribution in [2.45, 2.75) is 12.8 Å². The monoisotopic (exact) mass is 168 g/mol.